The maximum absolute atomic E-state index is 13.6. The Kier molecular flexibility index (Phi) is 20.6. The molecule has 15 aromatic heterocycles. The Bertz CT molecular complexity index is 7460. The number of hydrogen-bond donors (Lipinski definition) is 5. The first kappa shape index (κ1) is 85.0. The maximum Gasteiger partial charge on any atom is 0.308 e. The number of aromatic nitrogens is 20. The Morgan fingerprint density at radius 3 is 1.35 bits per heavy atom. The summed E-state index contributed by atoms with van der Waals surface area (Å²) in [6, 6.07) is 9.05. The Morgan fingerprint density at radius 1 is 0.456 bits per heavy atom. The summed E-state index contributed by atoms with van der Waals surface area (Å²) in [5, 5.41) is 22.6. The number of nitrogens with zero attached hydrogens (tertiary/aromatic N) is 20. The highest BCUT2D eigenvalue weighted by atomic mass is 19.1. The average Bonchev–Trinajstić information content (AvgIpc) is 1.58. The van der Waals surface area contributed by atoms with E-state index in [0.717, 1.165) is 168 Å². The van der Waals surface area contributed by atoms with Crippen molar-refractivity contribution < 1.29 is 55.5 Å². The van der Waals surface area contributed by atoms with Crippen molar-refractivity contribution in [3.63, 3.8) is 0 Å². The quantitative estimate of drug-likeness (QED) is 0.0709. The number of rotatable bonds is 12. The molecule has 0 bridgehead atoms. The van der Waals surface area contributed by atoms with Gasteiger partial charge in [-0.2, -0.15) is 0 Å². The van der Waals surface area contributed by atoms with Crippen LogP contribution < -0.4 is 28.7 Å². The standard InChI is InChI=1S/C21H21N5O4.C21H23N5.C20H23N5O.C19H19N5O3.C18H17F2N5O2/c1-29-21(28)10-6-11(7-10)26-12-4-5-13(27)15-17(25-30-18(15)9-2-3-9)14(12)16-19(22)23-8-24-20(16)26;1-12(2)26-15-5-4-8-25-16-9-13(3)6-7-14(16)10-17(25)18(15)19-20(22)23-11-24-21(19)26;1-10-5-8-13-15(17-14(10)18(26-24-17)11-6-7-11)16-19(21)22-9-23-20(16)25(13)12-3-2-4-12;20-18-15-13-11(24(10-5-6-26-7-10)19(15)22-8-21-18)3-4-12(25)14-16(13)23-27-17(14)9-1-2-9;19-5-9(6-20)25-10-3-4-11(26)13-15(24-27-16(13)8-1-2-8)12(10)14-17(21)22-7-23-18(14)25/h8-11H,2-7H2,1H3,(H2,22,23,24);6-7,9-12H,4-5,8H2,1-3H3,(H2,22,23,24);9-12H,2-8H2,1H3,(H2,21,22,23);8-10H,1-7H2,(H2,20,21,22);7-9H,1-6H2,(H2,21,22,23). The summed E-state index contributed by atoms with van der Waals surface area (Å²) < 4.78 is 73.5. The van der Waals surface area contributed by atoms with Crippen molar-refractivity contribution in [3.8, 4) is 56.3 Å². The van der Waals surface area contributed by atoms with Crippen LogP contribution in [-0.4, -0.2) is 155 Å². The first-order chi connectivity index (χ1) is 66.3. The van der Waals surface area contributed by atoms with Gasteiger partial charge in [-0.25, -0.2) is 58.6 Å². The zero-order chi connectivity index (χ0) is 92.8. The summed E-state index contributed by atoms with van der Waals surface area (Å²) in [4.78, 5) is 94.3. The Labute approximate surface area is 775 Å². The summed E-state index contributed by atoms with van der Waals surface area (Å²) in [5.74, 6) is 6.82. The maximum atomic E-state index is 13.6. The monoisotopic (exact) mass is 1840 g/mol. The van der Waals surface area contributed by atoms with Gasteiger partial charge in [0.1, 0.15) is 131 Å². The molecule has 6 saturated carbocycles. The van der Waals surface area contributed by atoms with Crippen molar-refractivity contribution in [1.82, 2.24) is 97.9 Å². The number of carbonyl (C=O) groups is 4. The molecule has 28 rings (SSSR count). The molecule has 35 nitrogen and oxygen atoms in total. The number of ether oxygens (including phenoxy) is 2. The molecular formula is C99H103F2N25O10. The number of aryl methyl sites for hydroxylation is 2. The van der Waals surface area contributed by atoms with Crippen LogP contribution in [0, 0.1) is 12.8 Å². The Balaban J connectivity index is 0.0000000930. The number of ketones is 3. The number of fused-ring (bicyclic) bond motifs is 27. The fourth-order valence-corrected chi connectivity index (χ4v) is 22.9. The SMILES string of the molecule is CC1CCc2c(c3c(N)ncnc3n2C2CCC2)-c2noc(C3CC3)c21.COC(=O)C1CC(n2c3c(c4c(N)ncnc42)-c2noc(C4CC4)c2C(=O)CC3)C1.Cc1ccc2cc3n(c2c1)CCCc1c-3c2c(N)ncnc2n1C(C)C.Nc1ncnc2c1c1c(n2C(CF)CF)CCC(=O)c2c-1noc2C1CC1.Nc1ncnc2c1c1c(n2C2CCOC2)CCC(=O)c2c-1noc2C1CC1. The van der Waals surface area contributed by atoms with E-state index in [9.17, 15) is 28.0 Å². The highest BCUT2D eigenvalue weighted by Crippen LogP contribution is 2.57. The molecule has 37 heteroatoms. The Morgan fingerprint density at radius 2 is 0.882 bits per heavy atom. The van der Waals surface area contributed by atoms with Gasteiger partial charge in [-0.05, 0) is 179 Å². The van der Waals surface area contributed by atoms with Gasteiger partial charge in [-0.3, -0.25) is 19.2 Å². The van der Waals surface area contributed by atoms with Gasteiger partial charge in [0.2, 0.25) is 0 Å². The van der Waals surface area contributed by atoms with Crippen LogP contribution in [0.15, 0.2) is 74.0 Å². The van der Waals surface area contributed by atoms with Crippen molar-refractivity contribution in [2.75, 3.05) is 62.3 Å². The third-order valence-electron chi connectivity index (χ3n) is 30.2. The molecule has 698 valence electrons. The van der Waals surface area contributed by atoms with E-state index in [1.807, 2.05) is 0 Å². The molecule has 1 aromatic carbocycles. The van der Waals surface area contributed by atoms with Crippen LogP contribution in [0.5, 0.6) is 0 Å². The predicted molar refractivity (Wildman–Crippen MR) is 501 cm³/mol. The second-order valence-electron chi connectivity index (χ2n) is 39.0. The molecule has 2 unspecified atom stereocenters. The van der Waals surface area contributed by atoms with Gasteiger partial charge in [-0.1, -0.05) is 39.7 Å². The lowest BCUT2D eigenvalue weighted by Crippen LogP contribution is -2.34. The van der Waals surface area contributed by atoms with E-state index < -0.39 is 19.4 Å². The predicted octanol–water partition coefficient (Wildman–Crippen LogP) is 17.4. The third-order valence-corrected chi connectivity index (χ3v) is 30.2. The van der Waals surface area contributed by atoms with Gasteiger partial charge < -0.3 is 83.6 Å². The largest absolute Gasteiger partial charge is 0.469 e. The van der Waals surface area contributed by atoms with Crippen molar-refractivity contribution in [2.45, 2.75) is 248 Å². The number of anilines is 5. The van der Waals surface area contributed by atoms with Gasteiger partial charge in [-0.15, -0.1) is 0 Å². The van der Waals surface area contributed by atoms with E-state index in [1.54, 1.807) is 12.7 Å². The number of alkyl halides is 2. The normalized spacial score (nSPS) is 19.8. The molecule has 2 aliphatic heterocycles. The molecule has 16 aromatic rings. The third kappa shape index (κ3) is 13.6. The van der Waals surface area contributed by atoms with Gasteiger partial charge in [0.15, 0.2) is 34.6 Å². The fraction of sp³-hybridized carbons (Fsp3) is 0.455. The van der Waals surface area contributed by atoms with E-state index in [-0.39, 0.29) is 65.4 Å². The zero-order valence-corrected chi connectivity index (χ0v) is 76.2. The van der Waals surface area contributed by atoms with Crippen LogP contribution in [-0.2, 0) is 52.9 Å². The number of nitrogen functional groups attached to an aromatic ring is 5. The summed E-state index contributed by atoms with van der Waals surface area (Å²) in [7, 11) is 1.41. The number of hydrogen-bond acceptors (Lipinski definition) is 29. The number of nitrogens with two attached hydrogens (primary N) is 5. The van der Waals surface area contributed by atoms with Crippen molar-refractivity contribution in [2.24, 2.45) is 5.92 Å². The molecule has 7 fully saturated rings. The van der Waals surface area contributed by atoms with E-state index in [2.05, 4.69) is 145 Å². The minimum Gasteiger partial charge on any atom is -0.469 e. The molecule has 10 aliphatic carbocycles. The van der Waals surface area contributed by atoms with Gasteiger partial charge in [0, 0.05) is 147 Å². The summed E-state index contributed by atoms with van der Waals surface area (Å²) in [5.41, 5.74) is 54.4. The molecule has 10 N–H and O–H groups in total. The van der Waals surface area contributed by atoms with Crippen LogP contribution in [0.25, 0.3) is 122 Å². The van der Waals surface area contributed by atoms with Crippen LogP contribution in [0.2, 0.25) is 0 Å². The first-order valence-corrected chi connectivity index (χ1v) is 47.9. The second kappa shape index (κ2) is 32.9. The smallest absolute Gasteiger partial charge is 0.308 e. The molecule has 0 spiro atoms. The molecular weight excluding hydrogens is 1740 g/mol. The lowest BCUT2D eigenvalue weighted by molar-refractivity contribution is -0.149. The topological polar surface area (TPSA) is 479 Å². The second-order valence-corrected chi connectivity index (χ2v) is 39.0. The van der Waals surface area contributed by atoms with Crippen LogP contribution >= 0.6 is 0 Å². The van der Waals surface area contributed by atoms with E-state index in [0.29, 0.717) is 178 Å². The fourth-order valence-electron chi connectivity index (χ4n) is 22.9. The number of carbonyl (C=O) groups excluding carboxylic acids is 4. The molecule has 17 heterocycles. The first-order valence-electron chi connectivity index (χ1n) is 47.9. The van der Waals surface area contributed by atoms with Crippen LogP contribution in [0.4, 0.5) is 37.9 Å². The average molecular weight is 1840 g/mol. The molecule has 136 heavy (non-hydrogen) atoms. The minimum absolute atomic E-state index is 0.0560. The minimum atomic E-state index is -1.04. The van der Waals surface area contributed by atoms with Crippen molar-refractivity contribution >= 4 is 118 Å². The number of methoxy groups -OCH3 is 1. The zero-order valence-electron chi connectivity index (χ0n) is 76.2. The van der Waals surface area contributed by atoms with E-state index >= 15 is 0 Å². The molecule has 1 saturated heterocycles. The van der Waals surface area contributed by atoms with Crippen LogP contribution in [0.1, 0.15) is 296 Å². The van der Waals surface area contributed by atoms with Gasteiger partial charge in [0.25, 0.3) is 0 Å². The van der Waals surface area contributed by atoms with Crippen molar-refractivity contribution in [3.05, 3.63) is 135 Å². The summed E-state index contributed by atoms with van der Waals surface area (Å²) >= 11 is 0. The van der Waals surface area contributed by atoms with E-state index in [1.165, 1.54) is 107 Å². The summed E-state index contributed by atoms with van der Waals surface area (Å²) in [6.07, 6.45) is 28.6. The lowest BCUT2D eigenvalue weighted by Gasteiger charge is -2.35. The van der Waals surface area contributed by atoms with Crippen LogP contribution in [0.3, 0.4) is 0 Å². The van der Waals surface area contributed by atoms with Gasteiger partial charge in [0.05, 0.1) is 81.0 Å². The molecule has 12 aliphatic rings. The van der Waals surface area contributed by atoms with Gasteiger partial charge >= 0.3 is 5.97 Å². The van der Waals surface area contributed by atoms with E-state index in [4.69, 9.17) is 56.2 Å². The highest BCUT2D eigenvalue weighted by molar-refractivity contribution is 6.14. The lowest BCUT2D eigenvalue weighted by atomic mass is 9.80. The van der Waals surface area contributed by atoms with Crippen molar-refractivity contribution in [1.29, 1.82) is 0 Å². The number of Topliss-reactive ketones (excluding diaryl/α,β-unsaturated/α-hetero) is 3. The number of benzene rings is 1. The Hall–Kier alpha value is -14.0. The molecule has 0 radical (unpaired) electrons. The molecule has 2 atom stereocenters. The summed E-state index contributed by atoms with van der Waals surface area (Å²) in [6.45, 7) is 9.45. The number of halogens is 2. The highest BCUT2D eigenvalue weighted by Gasteiger charge is 2.48. The molecule has 0 amide bonds. The number of esters is 1.